The van der Waals surface area contributed by atoms with Gasteiger partial charge in [-0.2, -0.15) is 8.42 Å². The average Bonchev–Trinajstić information content (AvgIpc) is 2.95. The highest BCUT2D eigenvalue weighted by Crippen LogP contribution is 2.28. The Hall–Kier alpha value is -1.89. The monoisotopic (exact) mass is 307 g/mol. The van der Waals surface area contributed by atoms with Crippen molar-refractivity contribution in [3.05, 3.63) is 24.3 Å². The molecule has 1 aromatic carbocycles. The molecule has 1 heterocycles. The van der Waals surface area contributed by atoms with Crippen molar-refractivity contribution in [2.45, 2.75) is 36.6 Å². The van der Waals surface area contributed by atoms with E-state index in [0.717, 1.165) is 25.7 Å². The van der Waals surface area contributed by atoms with Gasteiger partial charge in [0.1, 0.15) is 17.8 Å². The molecule has 6 nitrogen and oxygen atoms in total. The summed E-state index contributed by atoms with van der Waals surface area (Å²) in [4.78, 5) is 13.8. The molecule has 1 saturated carbocycles. The summed E-state index contributed by atoms with van der Waals surface area (Å²) in [6, 6.07) is 6.83. The van der Waals surface area contributed by atoms with Gasteiger partial charge >= 0.3 is 0 Å². The van der Waals surface area contributed by atoms with Crippen LogP contribution in [0.25, 0.3) is 0 Å². The highest BCUT2D eigenvalue weighted by molar-refractivity contribution is 7.90. The highest BCUT2D eigenvalue weighted by Gasteiger charge is 2.26. The molecule has 0 radical (unpaired) electrons. The lowest BCUT2D eigenvalue weighted by atomic mass is 10.2. The van der Waals surface area contributed by atoms with Crippen LogP contribution in [-0.4, -0.2) is 33.3 Å². The van der Waals surface area contributed by atoms with E-state index in [-0.39, 0.29) is 23.4 Å². The minimum Gasteiger partial charge on any atom is -0.352 e. The summed E-state index contributed by atoms with van der Waals surface area (Å²) in [6.45, 7) is 0.0759. The van der Waals surface area contributed by atoms with E-state index in [1.54, 1.807) is 23.1 Å². The van der Waals surface area contributed by atoms with E-state index in [1.807, 2.05) is 0 Å². The third kappa shape index (κ3) is 2.92. The number of nitrogens with zero attached hydrogens (tertiary/aromatic N) is 2. The van der Waals surface area contributed by atoms with Crippen molar-refractivity contribution in [2.24, 2.45) is 4.40 Å². The van der Waals surface area contributed by atoms with Gasteiger partial charge < -0.3 is 10.2 Å². The quantitative estimate of drug-likeness (QED) is 0.912. The minimum atomic E-state index is -3.64. The minimum absolute atomic E-state index is 0.0759. The van der Waals surface area contributed by atoms with Crippen molar-refractivity contribution in [1.29, 1.82) is 0 Å². The maximum Gasteiger partial charge on any atom is 0.285 e. The van der Waals surface area contributed by atoms with Gasteiger partial charge in [-0.05, 0) is 25.0 Å². The fourth-order valence-corrected chi connectivity index (χ4v) is 3.83. The highest BCUT2D eigenvalue weighted by atomic mass is 32.2. The van der Waals surface area contributed by atoms with Crippen LogP contribution in [0.4, 0.5) is 5.69 Å². The molecule has 112 valence electrons. The molecule has 3 rings (SSSR count). The SMILES string of the molecule is O=C(CN1C=NS(=O)(=O)c2ccccc21)NC1CCCC1. The average molecular weight is 307 g/mol. The number of para-hydroxylation sites is 1. The first-order chi connectivity index (χ1) is 10.1. The second-order valence-electron chi connectivity index (χ2n) is 5.34. The number of rotatable bonds is 3. The van der Waals surface area contributed by atoms with Gasteiger partial charge in [-0.15, -0.1) is 4.40 Å². The molecular formula is C14H17N3O3S. The summed E-state index contributed by atoms with van der Waals surface area (Å²) in [7, 11) is -3.64. The zero-order chi connectivity index (χ0) is 14.9. The van der Waals surface area contributed by atoms with E-state index in [2.05, 4.69) is 9.71 Å². The number of sulfonamides is 1. The van der Waals surface area contributed by atoms with Gasteiger partial charge in [0.15, 0.2) is 0 Å². The molecule has 1 aliphatic carbocycles. The smallest absolute Gasteiger partial charge is 0.285 e. The Morgan fingerprint density at radius 1 is 1.29 bits per heavy atom. The van der Waals surface area contributed by atoms with Crippen LogP contribution in [0.2, 0.25) is 0 Å². The Morgan fingerprint density at radius 2 is 2.00 bits per heavy atom. The Bertz CT molecular complexity index is 678. The lowest BCUT2D eigenvalue weighted by Crippen LogP contribution is -2.42. The van der Waals surface area contributed by atoms with Crippen LogP contribution in [0.3, 0.4) is 0 Å². The number of hydrogen-bond donors (Lipinski definition) is 1. The van der Waals surface area contributed by atoms with Gasteiger partial charge in [-0.3, -0.25) is 4.79 Å². The third-order valence-corrected chi connectivity index (χ3v) is 5.08. The molecule has 0 atom stereocenters. The Labute approximate surface area is 123 Å². The number of carbonyl (C=O) groups excluding carboxylic acids is 1. The predicted molar refractivity (Wildman–Crippen MR) is 79.9 cm³/mol. The Balaban J connectivity index is 1.76. The van der Waals surface area contributed by atoms with E-state index < -0.39 is 10.0 Å². The normalized spacial score (nSPS) is 20.3. The van der Waals surface area contributed by atoms with Gasteiger partial charge in [0.05, 0.1) is 5.69 Å². The van der Waals surface area contributed by atoms with Crippen LogP contribution in [0.15, 0.2) is 33.6 Å². The van der Waals surface area contributed by atoms with Crippen LogP contribution in [0.5, 0.6) is 0 Å². The van der Waals surface area contributed by atoms with Crippen molar-refractivity contribution in [1.82, 2.24) is 5.32 Å². The molecule has 1 amide bonds. The first-order valence-electron chi connectivity index (χ1n) is 7.02. The number of fused-ring (bicyclic) bond motifs is 1. The molecule has 2 aliphatic rings. The van der Waals surface area contributed by atoms with Gasteiger partial charge in [-0.25, -0.2) is 0 Å². The van der Waals surface area contributed by atoms with Gasteiger partial charge in [0, 0.05) is 6.04 Å². The molecule has 1 fully saturated rings. The summed E-state index contributed by atoms with van der Waals surface area (Å²) in [5.41, 5.74) is 0.495. The molecule has 0 spiro atoms. The lowest BCUT2D eigenvalue weighted by Gasteiger charge is -2.25. The van der Waals surface area contributed by atoms with Crippen LogP contribution >= 0.6 is 0 Å². The van der Waals surface area contributed by atoms with Crippen LogP contribution in [0.1, 0.15) is 25.7 Å². The van der Waals surface area contributed by atoms with Crippen molar-refractivity contribution < 1.29 is 13.2 Å². The zero-order valence-corrected chi connectivity index (χ0v) is 12.3. The van der Waals surface area contributed by atoms with Crippen LogP contribution < -0.4 is 10.2 Å². The van der Waals surface area contributed by atoms with Gasteiger partial charge in [0.2, 0.25) is 5.91 Å². The fourth-order valence-electron chi connectivity index (χ4n) is 2.77. The van der Waals surface area contributed by atoms with Crippen molar-refractivity contribution >= 4 is 28.0 Å². The first kappa shape index (κ1) is 14.1. The third-order valence-electron chi connectivity index (χ3n) is 3.81. The Kier molecular flexibility index (Phi) is 3.67. The fraction of sp³-hybridized carbons (Fsp3) is 0.429. The maximum atomic E-state index is 12.1. The summed E-state index contributed by atoms with van der Waals surface area (Å²) in [5, 5.41) is 2.99. The molecule has 1 aliphatic heterocycles. The van der Waals surface area contributed by atoms with Gasteiger partial charge in [-0.1, -0.05) is 25.0 Å². The molecule has 0 bridgehead atoms. The predicted octanol–water partition coefficient (Wildman–Crippen LogP) is 1.28. The molecular weight excluding hydrogens is 290 g/mol. The summed E-state index contributed by atoms with van der Waals surface area (Å²) >= 11 is 0. The number of carbonyl (C=O) groups is 1. The van der Waals surface area contributed by atoms with Crippen molar-refractivity contribution in [3.8, 4) is 0 Å². The summed E-state index contributed by atoms with van der Waals surface area (Å²) < 4.78 is 27.3. The number of hydrogen-bond acceptors (Lipinski definition) is 4. The van der Waals surface area contributed by atoms with E-state index in [4.69, 9.17) is 0 Å². The lowest BCUT2D eigenvalue weighted by molar-refractivity contribution is -0.120. The van der Waals surface area contributed by atoms with Crippen LogP contribution in [-0.2, 0) is 14.8 Å². The Morgan fingerprint density at radius 3 is 2.76 bits per heavy atom. The largest absolute Gasteiger partial charge is 0.352 e. The molecule has 1 N–H and O–H groups in total. The summed E-state index contributed by atoms with van der Waals surface area (Å²) in [5.74, 6) is -0.109. The number of nitrogens with one attached hydrogen (secondary N) is 1. The molecule has 1 aromatic rings. The number of benzene rings is 1. The molecule has 0 saturated heterocycles. The zero-order valence-electron chi connectivity index (χ0n) is 11.5. The van der Waals surface area contributed by atoms with Crippen molar-refractivity contribution in [2.75, 3.05) is 11.4 Å². The number of amides is 1. The molecule has 0 aromatic heterocycles. The van der Waals surface area contributed by atoms with E-state index in [9.17, 15) is 13.2 Å². The molecule has 0 unspecified atom stereocenters. The van der Waals surface area contributed by atoms with Gasteiger partial charge in [0.25, 0.3) is 10.0 Å². The first-order valence-corrected chi connectivity index (χ1v) is 8.46. The summed E-state index contributed by atoms with van der Waals surface area (Å²) in [6.07, 6.45) is 5.55. The van der Waals surface area contributed by atoms with Crippen LogP contribution in [0, 0.1) is 0 Å². The second kappa shape index (κ2) is 5.48. The van der Waals surface area contributed by atoms with E-state index in [1.165, 1.54) is 12.4 Å². The molecule has 7 heteroatoms. The van der Waals surface area contributed by atoms with E-state index >= 15 is 0 Å². The topological polar surface area (TPSA) is 78.8 Å². The van der Waals surface area contributed by atoms with E-state index in [0.29, 0.717) is 5.69 Å². The molecule has 21 heavy (non-hydrogen) atoms. The number of anilines is 1. The second-order valence-corrected chi connectivity index (χ2v) is 6.94. The standard InChI is InChI=1S/C14H17N3O3S/c18-14(16-11-5-1-2-6-11)9-17-10-15-21(19,20)13-8-4-3-7-12(13)17/h3-4,7-8,10-11H,1-2,5-6,9H2,(H,16,18). The maximum absolute atomic E-state index is 12.1. The van der Waals surface area contributed by atoms with Crippen molar-refractivity contribution in [3.63, 3.8) is 0 Å².